The van der Waals surface area contributed by atoms with E-state index in [2.05, 4.69) is 35.2 Å². The number of nitrogens with one attached hydrogen (secondary N) is 2. The minimum absolute atomic E-state index is 0.154. The number of nitrogens with zero attached hydrogens (tertiary/aromatic N) is 5. The number of fused-ring (bicyclic) bond motifs is 1. The molecule has 0 saturated heterocycles. The molecule has 0 spiro atoms. The van der Waals surface area contributed by atoms with Gasteiger partial charge in [-0.15, -0.1) is 0 Å². The molecule has 7 nitrogen and oxygen atoms in total. The molecular formula is C11H10ClN7. The summed E-state index contributed by atoms with van der Waals surface area (Å²) in [6.07, 6.45) is 3.27. The molecule has 0 bridgehead atoms. The maximum Gasteiger partial charge on any atom is 0.226 e. The molecule has 2 N–H and O–H groups in total. The molecule has 3 rings (SSSR count). The molecule has 8 heteroatoms. The molecule has 0 fully saturated rings. The second kappa shape index (κ2) is 4.77. The topological polar surface area (TPSA) is 92.3 Å². The maximum absolute atomic E-state index is 5.85. The number of hydrogen-bond donors (Lipinski definition) is 2. The molecule has 0 aromatic carbocycles. The molecule has 0 atom stereocenters. The van der Waals surface area contributed by atoms with Crippen molar-refractivity contribution in [2.24, 2.45) is 0 Å². The van der Waals surface area contributed by atoms with Gasteiger partial charge in [-0.05, 0) is 24.6 Å². The van der Waals surface area contributed by atoms with Crippen molar-refractivity contribution in [3.8, 4) is 0 Å². The largest absolute Gasteiger partial charge is 0.362 e. The van der Waals surface area contributed by atoms with Crippen molar-refractivity contribution in [3.63, 3.8) is 0 Å². The summed E-state index contributed by atoms with van der Waals surface area (Å²) in [5.41, 5.74) is 2.12. The average molecular weight is 276 g/mol. The van der Waals surface area contributed by atoms with E-state index in [0.717, 1.165) is 17.0 Å². The van der Waals surface area contributed by atoms with Gasteiger partial charge in [-0.3, -0.25) is 0 Å². The normalized spacial score (nSPS) is 10.8. The number of aromatic nitrogens is 6. The zero-order chi connectivity index (χ0) is 13.2. The van der Waals surface area contributed by atoms with Gasteiger partial charge in [0.1, 0.15) is 11.3 Å². The van der Waals surface area contributed by atoms with E-state index in [1.807, 2.05) is 13.0 Å². The van der Waals surface area contributed by atoms with Crippen molar-refractivity contribution in [2.45, 2.75) is 13.5 Å². The van der Waals surface area contributed by atoms with Gasteiger partial charge in [0, 0.05) is 6.20 Å². The maximum atomic E-state index is 5.85. The molecule has 0 amide bonds. The molecule has 3 aromatic rings. The SMILES string of the molecule is Cc1nccc(CNc2nc(Cl)nc3nc[nH]c23)n1. The third kappa shape index (κ3) is 2.45. The van der Waals surface area contributed by atoms with Crippen LogP contribution in [-0.2, 0) is 6.54 Å². The van der Waals surface area contributed by atoms with Crippen LogP contribution in [-0.4, -0.2) is 29.9 Å². The smallest absolute Gasteiger partial charge is 0.226 e. The Morgan fingerprint density at radius 3 is 3.00 bits per heavy atom. The summed E-state index contributed by atoms with van der Waals surface area (Å²) in [5, 5.41) is 3.31. The molecule has 0 radical (unpaired) electrons. The first-order valence-corrected chi connectivity index (χ1v) is 5.99. The number of rotatable bonds is 3. The molecule has 3 heterocycles. The molecule has 19 heavy (non-hydrogen) atoms. The van der Waals surface area contributed by atoms with Gasteiger partial charge in [0.2, 0.25) is 5.28 Å². The summed E-state index contributed by atoms with van der Waals surface area (Å²) in [4.78, 5) is 23.5. The average Bonchev–Trinajstić information content (AvgIpc) is 2.84. The number of aryl methyl sites for hydroxylation is 1. The van der Waals surface area contributed by atoms with Crippen molar-refractivity contribution in [1.29, 1.82) is 0 Å². The minimum atomic E-state index is 0.154. The zero-order valence-electron chi connectivity index (χ0n) is 10.1. The quantitative estimate of drug-likeness (QED) is 0.707. The fourth-order valence-corrected chi connectivity index (χ4v) is 1.88. The Balaban J connectivity index is 1.87. The summed E-state index contributed by atoms with van der Waals surface area (Å²) in [6.45, 7) is 2.36. The van der Waals surface area contributed by atoms with Crippen LogP contribution >= 0.6 is 11.6 Å². The van der Waals surface area contributed by atoms with Gasteiger partial charge in [-0.25, -0.2) is 15.0 Å². The Morgan fingerprint density at radius 2 is 2.16 bits per heavy atom. The van der Waals surface area contributed by atoms with Crippen LogP contribution in [0.25, 0.3) is 11.2 Å². The molecule has 0 aliphatic rings. The van der Waals surface area contributed by atoms with Crippen molar-refractivity contribution in [2.75, 3.05) is 5.32 Å². The van der Waals surface area contributed by atoms with Gasteiger partial charge in [0.25, 0.3) is 0 Å². The highest BCUT2D eigenvalue weighted by Crippen LogP contribution is 2.18. The van der Waals surface area contributed by atoms with Gasteiger partial charge in [0.05, 0.1) is 18.6 Å². The third-order valence-corrected chi connectivity index (χ3v) is 2.70. The summed E-state index contributed by atoms with van der Waals surface area (Å²) < 4.78 is 0. The van der Waals surface area contributed by atoms with Crippen LogP contribution in [0.5, 0.6) is 0 Å². The van der Waals surface area contributed by atoms with E-state index in [0.29, 0.717) is 18.0 Å². The fourth-order valence-electron chi connectivity index (χ4n) is 1.71. The van der Waals surface area contributed by atoms with E-state index in [1.165, 1.54) is 0 Å². The molecule has 96 valence electrons. The first-order valence-electron chi connectivity index (χ1n) is 5.61. The second-order valence-corrected chi connectivity index (χ2v) is 4.23. The first kappa shape index (κ1) is 11.8. The summed E-state index contributed by atoms with van der Waals surface area (Å²) in [5.74, 6) is 1.33. The number of hydrogen-bond acceptors (Lipinski definition) is 6. The van der Waals surface area contributed by atoms with Gasteiger partial charge >= 0.3 is 0 Å². The Kier molecular flexibility index (Phi) is 2.96. The van der Waals surface area contributed by atoms with Crippen LogP contribution in [0.4, 0.5) is 5.82 Å². The lowest BCUT2D eigenvalue weighted by Crippen LogP contribution is -2.05. The van der Waals surface area contributed by atoms with Crippen LogP contribution < -0.4 is 5.32 Å². The lowest BCUT2D eigenvalue weighted by atomic mass is 10.4. The molecular weight excluding hydrogens is 266 g/mol. The Morgan fingerprint density at radius 1 is 1.26 bits per heavy atom. The lowest BCUT2D eigenvalue weighted by molar-refractivity contribution is 0.950. The van der Waals surface area contributed by atoms with E-state index in [-0.39, 0.29) is 5.28 Å². The predicted octanol–water partition coefficient (Wildman–Crippen LogP) is 1.72. The van der Waals surface area contributed by atoms with Crippen LogP contribution in [0.2, 0.25) is 5.28 Å². The Labute approximate surface area is 113 Å². The predicted molar refractivity (Wildman–Crippen MR) is 70.8 cm³/mol. The molecule has 0 saturated carbocycles. The van der Waals surface area contributed by atoms with Crippen LogP contribution in [0, 0.1) is 6.92 Å². The van der Waals surface area contributed by atoms with Crippen LogP contribution in [0.1, 0.15) is 11.5 Å². The molecule has 0 aliphatic carbocycles. The Hall–Kier alpha value is -2.28. The molecule has 3 aromatic heterocycles. The van der Waals surface area contributed by atoms with Gasteiger partial charge in [-0.1, -0.05) is 0 Å². The standard InChI is InChI=1S/C11H10ClN7/c1-6-13-3-2-7(17-6)4-14-9-8-10(16-5-15-8)19-11(12)18-9/h2-3,5H,4H2,1H3,(H2,14,15,16,18,19). The number of halogens is 1. The van der Waals surface area contributed by atoms with Gasteiger partial charge < -0.3 is 10.3 Å². The summed E-state index contributed by atoms with van der Waals surface area (Å²) in [7, 11) is 0. The van der Waals surface area contributed by atoms with Crippen LogP contribution in [0.15, 0.2) is 18.6 Å². The van der Waals surface area contributed by atoms with Crippen LogP contribution in [0.3, 0.4) is 0 Å². The Bertz CT molecular complexity index is 724. The molecule has 0 aliphatic heterocycles. The van der Waals surface area contributed by atoms with E-state index >= 15 is 0 Å². The second-order valence-electron chi connectivity index (χ2n) is 3.89. The lowest BCUT2D eigenvalue weighted by Gasteiger charge is -2.06. The number of anilines is 1. The fraction of sp³-hybridized carbons (Fsp3) is 0.182. The van der Waals surface area contributed by atoms with Crippen molar-refractivity contribution in [3.05, 3.63) is 35.4 Å². The monoisotopic (exact) mass is 275 g/mol. The van der Waals surface area contributed by atoms with Crippen molar-refractivity contribution >= 4 is 28.6 Å². The van der Waals surface area contributed by atoms with Gasteiger partial charge in [0.15, 0.2) is 11.5 Å². The van der Waals surface area contributed by atoms with E-state index < -0.39 is 0 Å². The summed E-state index contributed by atoms with van der Waals surface area (Å²) in [6, 6.07) is 1.84. The molecule has 0 unspecified atom stereocenters. The van der Waals surface area contributed by atoms with Crippen molar-refractivity contribution < 1.29 is 0 Å². The number of aromatic amines is 1. The highest BCUT2D eigenvalue weighted by molar-refractivity contribution is 6.28. The third-order valence-electron chi connectivity index (χ3n) is 2.53. The van der Waals surface area contributed by atoms with E-state index in [1.54, 1.807) is 12.5 Å². The zero-order valence-corrected chi connectivity index (χ0v) is 10.8. The van der Waals surface area contributed by atoms with E-state index in [4.69, 9.17) is 11.6 Å². The minimum Gasteiger partial charge on any atom is -0.362 e. The first-order chi connectivity index (χ1) is 9.22. The number of imidazole rings is 1. The highest BCUT2D eigenvalue weighted by atomic mass is 35.5. The van der Waals surface area contributed by atoms with Gasteiger partial charge in [-0.2, -0.15) is 9.97 Å². The van der Waals surface area contributed by atoms with Crippen molar-refractivity contribution in [1.82, 2.24) is 29.9 Å². The highest BCUT2D eigenvalue weighted by Gasteiger charge is 2.08. The number of H-pyrrole nitrogens is 1. The summed E-state index contributed by atoms with van der Waals surface area (Å²) >= 11 is 5.85. The van der Waals surface area contributed by atoms with E-state index in [9.17, 15) is 0 Å².